The van der Waals surface area contributed by atoms with Crippen molar-refractivity contribution in [2.75, 3.05) is 11.4 Å². The van der Waals surface area contributed by atoms with Crippen LogP contribution in [0.2, 0.25) is 0 Å². The van der Waals surface area contributed by atoms with E-state index in [9.17, 15) is 4.79 Å². The molecule has 1 unspecified atom stereocenters. The van der Waals surface area contributed by atoms with Gasteiger partial charge in [0, 0.05) is 28.1 Å². The largest absolute Gasteiger partial charge is 0.311 e. The zero-order chi connectivity index (χ0) is 12.7. The molecule has 1 atom stereocenters. The Labute approximate surface area is 120 Å². The van der Waals surface area contributed by atoms with Crippen LogP contribution in [0.3, 0.4) is 0 Å². The van der Waals surface area contributed by atoms with Crippen LogP contribution in [-0.2, 0) is 4.79 Å². The third-order valence-electron chi connectivity index (χ3n) is 3.24. The Morgan fingerprint density at radius 2 is 1.89 bits per heavy atom. The summed E-state index contributed by atoms with van der Waals surface area (Å²) in [5.41, 5.74) is 0.982. The first-order valence-electron chi connectivity index (χ1n) is 5.82. The highest BCUT2D eigenvalue weighted by Crippen LogP contribution is 2.34. The van der Waals surface area contributed by atoms with Crippen molar-refractivity contribution in [3.63, 3.8) is 0 Å². The molecule has 0 spiro atoms. The van der Waals surface area contributed by atoms with E-state index in [1.807, 2.05) is 29.2 Å². The van der Waals surface area contributed by atoms with Crippen LogP contribution in [0, 0.1) is 0 Å². The van der Waals surface area contributed by atoms with Gasteiger partial charge in [-0.15, -0.1) is 0 Å². The lowest BCUT2D eigenvalue weighted by molar-refractivity contribution is -0.117. The maximum Gasteiger partial charge on any atom is 0.228 e. The van der Waals surface area contributed by atoms with Crippen molar-refractivity contribution < 1.29 is 4.79 Å². The lowest BCUT2D eigenvalue weighted by Gasteiger charge is -2.18. The zero-order valence-corrected chi connectivity index (χ0v) is 12.1. The predicted molar refractivity (Wildman–Crippen MR) is 81.4 cm³/mol. The first-order valence-corrected chi connectivity index (χ1v) is 7.13. The summed E-state index contributed by atoms with van der Waals surface area (Å²) < 4.78 is 1.05. The van der Waals surface area contributed by atoms with E-state index >= 15 is 0 Å². The van der Waals surface area contributed by atoms with E-state index < -0.39 is 0 Å². The summed E-state index contributed by atoms with van der Waals surface area (Å²) in [6, 6.07) is 12.1. The molecular weight excluding hydrogens is 310 g/mol. The smallest absolute Gasteiger partial charge is 0.228 e. The number of nitrogens with zero attached hydrogens (tertiary/aromatic N) is 1. The molecule has 18 heavy (non-hydrogen) atoms. The number of hydrogen-bond acceptors (Lipinski definition) is 2. The number of amides is 1. The van der Waals surface area contributed by atoms with Gasteiger partial charge < -0.3 is 4.90 Å². The number of carbonyl (C=O) groups excluding carboxylic acids is 1. The van der Waals surface area contributed by atoms with Crippen LogP contribution in [0.5, 0.6) is 0 Å². The molecule has 4 heteroatoms. The Balaban J connectivity index is 2.18. The molecule has 1 saturated heterocycles. The molecule has 0 radical (unpaired) electrons. The molecule has 1 amide bonds. The molecule has 2 nitrogen and oxygen atoms in total. The van der Waals surface area contributed by atoms with Gasteiger partial charge in [-0.25, -0.2) is 0 Å². The fraction of sp³-hybridized carbons (Fsp3) is 0.214. The zero-order valence-electron chi connectivity index (χ0n) is 9.64. The SMILES string of the molecule is O=C1CC(S)CN1c1cccc2c(Br)cccc12. The normalized spacial score (nSPS) is 19.8. The Morgan fingerprint density at radius 3 is 2.61 bits per heavy atom. The van der Waals surface area contributed by atoms with Gasteiger partial charge >= 0.3 is 0 Å². The van der Waals surface area contributed by atoms with E-state index in [0.717, 1.165) is 20.9 Å². The van der Waals surface area contributed by atoms with Crippen molar-refractivity contribution in [1.29, 1.82) is 0 Å². The average Bonchev–Trinajstić information content (AvgIpc) is 2.68. The van der Waals surface area contributed by atoms with Crippen molar-refractivity contribution in [1.82, 2.24) is 0 Å². The van der Waals surface area contributed by atoms with Crippen LogP contribution >= 0.6 is 28.6 Å². The third kappa shape index (κ3) is 1.93. The minimum Gasteiger partial charge on any atom is -0.311 e. The molecule has 0 aromatic heterocycles. The van der Waals surface area contributed by atoms with Gasteiger partial charge in [-0.2, -0.15) is 12.6 Å². The molecule has 3 rings (SSSR count). The van der Waals surface area contributed by atoms with Crippen molar-refractivity contribution in [3.8, 4) is 0 Å². The van der Waals surface area contributed by atoms with Gasteiger partial charge in [0.1, 0.15) is 0 Å². The van der Waals surface area contributed by atoms with E-state index in [1.165, 1.54) is 0 Å². The second-order valence-electron chi connectivity index (χ2n) is 4.47. The number of benzene rings is 2. The lowest BCUT2D eigenvalue weighted by atomic mass is 10.1. The number of hydrogen-bond donors (Lipinski definition) is 1. The van der Waals surface area contributed by atoms with Crippen LogP contribution in [0.25, 0.3) is 10.8 Å². The van der Waals surface area contributed by atoms with E-state index in [-0.39, 0.29) is 11.2 Å². The van der Waals surface area contributed by atoms with E-state index in [0.29, 0.717) is 13.0 Å². The van der Waals surface area contributed by atoms with Crippen LogP contribution in [-0.4, -0.2) is 17.7 Å². The third-order valence-corrected chi connectivity index (χ3v) is 4.28. The monoisotopic (exact) mass is 321 g/mol. The summed E-state index contributed by atoms with van der Waals surface area (Å²) in [6.07, 6.45) is 0.521. The Morgan fingerprint density at radius 1 is 1.17 bits per heavy atom. The highest BCUT2D eigenvalue weighted by molar-refractivity contribution is 9.10. The van der Waals surface area contributed by atoms with Gasteiger partial charge in [-0.1, -0.05) is 40.2 Å². The van der Waals surface area contributed by atoms with Gasteiger partial charge in [-0.05, 0) is 17.5 Å². The van der Waals surface area contributed by atoms with E-state index in [1.54, 1.807) is 0 Å². The quantitative estimate of drug-likeness (QED) is 0.795. The summed E-state index contributed by atoms with van der Waals surface area (Å²) >= 11 is 7.95. The first kappa shape index (κ1) is 12.1. The molecule has 0 saturated carbocycles. The summed E-state index contributed by atoms with van der Waals surface area (Å²) in [6.45, 7) is 0.688. The molecule has 0 N–H and O–H groups in total. The van der Waals surface area contributed by atoms with Gasteiger partial charge in [0.05, 0.1) is 5.69 Å². The lowest BCUT2D eigenvalue weighted by Crippen LogP contribution is -2.24. The molecule has 1 aliphatic heterocycles. The molecule has 1 heterocycles. The van der Waals surface area contributed by atoms with Crippen molar-refractivity contribution in [2.24, 2.45) is 0 Å². The molecule has 2 aromatic carbocycles. The van der Waals surface area contributed by atoms with E-state index in [4.69, 9.17) is 0 Å². The van der Waals surface area contributed by atoms with Gasteiger partial charge in [-0.3, -0.25) is 4.79 Å². The second-order valence-corrected chi connectivity index (χ2v) is 6.06. The van der Waals surface area contributed by atoms with E-state index in [2.05, 4.69) is 40.7 Å². The molecule has 2 aromatic rings. The number of halogens is 1. The highest BCUT2D eigenvalue weighted by Gasteiger charge is 2.29. The summed E-state index contributed by atoms with van der Waals surface area (Å²) in [4.78, 5) is 13.8. The molecule has 92 valence electrons. The summed E-state index contributed by atoms with van der Waals surface area (Å²) in [5.74, 6) is 0.155. The van der Waals surface area contributed by atoms with Gasteiger partial charge in [0.25, 0.3) is 0 Å². The van der Waals surface area contributed by atoms with Crippen LogP contribution in [0.4, 0.5) is 5.69 Å². The summed E-state index contributed by atoms with van der Waals surface area (Å²) in [7, 11) is 0. The minimum absolute atomic E-state index is 0.139. The maximum absolute atomic E-state index is 12.0. The number of anilines is 1. The number of thiol groups is 1. The second kappa shape index (κ2) is 4.59. The Kier molecular flexibility index (Phi) is 3.08. The highest BCUT2D eigenvalue weighted by atomic mass is 79.9. The molecule has 0 bridgehead atoms. The van der Waals surface area contributed by atoms with Crippen molar-refractivity contribution >= 4 is 50.9 Å². The predicted octanol–water partition coefficient (Wildman–Crippen LogP) is 3.64. The average molecular weight is 322 g/mol. The van der Waals surface area contributed by atoms with Crippen LogP contribution in [0.1, 0.15) is 6.42 Å². The first-order chi connectivity index (χ1) is 8.66. The molecular formula is C14H12BrNOS. The number of carbonyl (C=O) groups is 1. The summed E-state index contributed by atoms with van der Waals surface area (Å²) in [5, 5.41) is 2.37. The van der Waals surface area contributed by atoms with Crippen molar-refractivity contribution in [3.05, 3.63) is 40.9 Å². The van der Waals surface area contributed by atoms with Gasteiger partial charge in [0.15, 0.2) is 0 Å². The van der Waals surface area contributed by atoms with Crippen LogP contribution < -0.4 is 4.90 Å². The molecule has 1 fully saturated rings. The van der Waals surface area contributed by atoms with Crippen molar-refractivity contribution in [2.45, 2.75) is 11.7 Å². The topological polar surface area (TPSA) is 20.3 Å². The fourth-order valence-corrected chi connectivity index (χ4v) is 3.23. The minimum atomic E-state index is 0.139. The molecule has 0 aliphatic carbocycles. The Hall–Kier alpha value is -1.00. The maximum atomic E-state index is 12.0. The number of rotatable bonds is 1. The fourth-order valence-electron chi connectivity index (χ4n) is 2.41. The standard InChI is InChI=1S/C14H12BrNOS/c15-12-5-1-4-11-10(12)3-2-6-13(11)16-8-9(18)7-14(16)17/h1-6,9,18H,7-8H2. The Bertz CT molecular complexity index is 628. The van der Waals surface area contributed by atoms with Crippen LogP contribution in [0.15, 0.2) is 40.9 Å². The number of fused-ring (bicyclic) bond motifs is 1. The molecule has 1 aliphatic rings. The van der Waals surface area contributed by atoms with Gasteiger partial charge in [0.2, 0.25) is 5.91 Å².